The van der Waals surface area contributed by atoms with Crippen molar-refractivity contribution < 1.29 is 20.1 Å². The van der Waals surface area contributed by atoms with E-state index in [4.69, 9.17) is 15.0 Å². The minimum absolute atomic E-state index is 0. The average molecular weight is 1040 g/mol. The molecule has 10 aromatic rings. The van der Waals surface area contributed by atoms with E-state index in [1.165, 1.54) is 65.9 Å². The minimum Gasteiger partial charge on any atom is -0.285 e. The van der Waals surface area contributed by atoms with Crippen LogP contribution in [-0.2, 0) is 25.5 Å². The third kappa shape index (κ3) is 8.41. The van der Waals surface area contributed by atoms with E-state index in [1.807, 2.05) is 24.3 Å². The van der Waals surface area contributed by atoms with Crippen LogP contribution in [0, 0.1) is 26.0 Å². The number of hydrogen-bond acceptors (Lipinski definition) is 4. The molecule has 0 atom stereocenters. The second kappa shape index (κ2) is 19.0. The van der Waals surface area contributed by atoms with Gasteiger partial charge in [0.05, 0.1) is 22.6 Å². The first-order chi connectivity index (χ1) is 31.4. The Balaban J connectivity index is 0.000000202. The van der Waals surface area contributed by atoms with Crippen LogP contribution in [0.5, 0.6) is 0 Å². The molecule has 0 spiro atoms. The number of aryl methyl sites for hydroxylation is 2. The molecule has 0 bridgehead atoms. The predicted octanol–water partition coefficient (Wildman–Crippen LogP) is 16.3. The monoisotopic (exact) mass is 1040 g/mol. The van der Waals surface area contributed by atoms with Crippen molar-refractivity contribution in [3.63, 3.8) is 0 Å². The summed E-state index contributed by atoms with van der Waals surface area (Å²) in [5.74, 6) is 0.738. The maximum atomic E-state index is 5.29. The quantitative estimate of drug-likeness (QED) is 0.135. The topological polar surface area (TPSA) is 38.7 Å². The molecule has 2 aromatic heterocycles. The summed E-state index contributed by atoms with van der Waals surface area (Å²) in [6.45, 7) is 8.97. The predicted molar refractivity (Wildman–Crippen MR) is 270 cm³/mol. The second-order valence-electron chi connectivity index (χ2n) is 16.9. The van der Waals surface area contributed by atoms with Gasteiger partial charge in [0, 0.05) is 46.2 Å². The molecule has 0 amide bonds. The van der Waals surface area contributed by atoms with Crippen molar-refractivity contribution in [1.82, 2.24) is 15.0 Å². The van der Waals surface area contributed by atoms with Gasteiger partial charge in [0.25, 0.3) is 0 Å². The summed E-state index contributed by atoms with van der Waals surface area (Å²) in [4.78, 5) is 15.1. The molecule has 1 radical (unpaired) electrons. The fourth-order valence-corrected chi connectivity index (χ4v) is 10.8. The Morgan fingerprint density at radius 1 is 0.523 bits per heavy atom. The van der Waals surface area contributed by atoms with Crippen molar-refractivity contribution in [1.29, 1.82) is 0 Å². The molecule has 5 heteroatoms. The standard InChI is InChI=1S/C41H37N2.C19H12NS.Ir/c1-5-23-41(24-6-2)35-25-30(29-15-8-7-9-16-29)19-21-32(35)33-22-20-31(26-36(33)41)40-42-37-18-11-10-17-34(37)39(43-40)38-27(3)13-12-14-28(38)4;1-2-7-14(8-3-1)15-9-6-10-16(13-15)19-20-17-11-4-5-12-18(17)21-19;/h7-19,21-22,25-26H,5-6,23-24H2,1-4H3;1-9,11-13H;/q2*-1;. The summed E-state index contributed by atoms with van der Waals surface area (Å²) in [5, 5.41) is 2.10. The molecule has 2 heterocycles. The van der Waals surface area contributed by atoms with E-state index in [0.717, 1.165) is 69.8 Å². The zero-order valence-corrected chi connectivity index (χ0v) is 40.4. The number of benzene rings is 8. The first-order valence-corrected chi connectivity index (χ1v) is 23.3. The molecular weight excluding hydrogens is 987 g/mol. The summed E-state index contributed by atoms with van der Waals surface area (Å²) < 4.78 is 1.21. The van der Waals surface area contributed by atoms with E-state index in [1.54, 1.807) is 11.3 Å². The second-order valence-corrected chi connectivity index (χ2v) is 17.9. The molecule has 8 aromatic carbocycles. The number of aromatic nitrogens is 3. The molecule has 1 aliphatic rings. The molecule has 1 aliphatic carbocycles. The van der Waals surface area contributed by atoms with Crippen molar-refractivity contribution in [2.45, 2.75) is 58.8 Å². The van der Waals surface area contributed by atoms with Gasteiger partial charge in [-0.1, -0.05) is 165 Å². The molecule has 65 heavy (non-hydrogen) atoms. The Morgan fingerprint density at radius 2 is 1.15 bits per heavy atom. The normalized spacial score (nSPS) is 12.2. The van der Waals surface area contributed by atoms with Crippen LogP contribution in [0.15, 0.2) is 176 Å². The van der Waals surface area contributed by atoms with E-state index in [2.05, 4.69) is 191 Å². The molecule has 0 saturated heterocycles. The molecule has 0 fully saturated rings. The average Bonchev–Trinajstić information content (AvgIpc) is 3.89. The third-order valence-electron chi connectivity index (χ3n) is 12.7. The maximum Gasteiger partial charge on any atom is 0.0763 e. The summed E-state index contributed by atoms with van der Waals surface area (Å²) in [5.41, 5.74) is 19.1. The third-order valence-corrected chi connectivity index (χ3v) is 13.8. The van der Waals surface area contributed by atoms with Gasteiger partial charge < -0.3 is 0 Å². The van der Waals surface area contributed by atoms with Crippen molar-refractivity contribution >= 4 is 32.5 Å². The fourth-order valence-electron chi connectivity index (χ4n) is 9.85. The smallest absolute Gasteiger partial charge is 0.0763 e. The number of thiazole rings is 1. The van der Waals surface area contributed by atoms with Crippen LogP contribution in [-0.4, -0.2) is 15.0 Å². The summed E-state index contributed by atoms with van der Waals surface area (Å²) in [6.07, 6.45) is 4.45. The first-order valence-electron chi connectivity index (χ1n) is 22.5. The van der Waals surface area contributed by atoms with E-state index in [-0.39, 0.29) is 25.5 Å². The Labute approximate surface area is 400 Å². The van der Waals surface area contributed by atoms with Crippen LogP contribution in [0.4, 0.5) is 0 Å². The van der Waals surface area contributed by atoms with Crippen LogP contribution in [0.3, 0.4) is 0 Å². The van der Waals surface area contributed by atoms with Gasteiger partial charge in [0.1, 0.15) is 0 Å². The number of nitrogens with zero attached hydrogens (tertiary/aromatic N) is 3. The number of fused-ring (bicyclic) bond motifs is 5. The van der Waals surface area contributed by atoms with Crippen LogP contribution in [0.1, 0.15) is 61.8 Å². The molecule has 3 nitrogen and oxygen atoms in total. The largest absolute Gasteiger partial charge is 0.285 e. The SMILES string of the molecule is CCCC1(CCC)c2cc(-c3nc(-c4c(C)cccc4C)c4ccccc4n3)[c-]cc2-c2ccc(-c3ccccc3)cc21.[Ir].[c-]1ccc(-c2ccccc2)cc1-c1nc2ccccc2s1. The van der Waals surface area contributed by atoms with Gasteiger partial charge in [-0.25, -0.2) is 0 Å². The molecule has 0 saturated carbocycles. The zero-order chi connectivity index (χ0) is 43.6. The van der Waals surface area contributed by atoms with Crippen LogP contribution >= 0.6 is 11.3 Å². The van der Waals surface area contributed by atoms with E-state index >= 15 is 0 Å². The van der Waals surface area contributed by atoms with Crippen LogP contribution in [0.2, 0.25) is 0 Å². The van der Waals surface area contributed by atoms with Gasteiger partial charge in [0.2, 0.25) is 0 Å². The van der Waals surface area contributed by atoms with Crippen LogP contribution in [0.25, 0.3) is 87.7 Å². The molecule has 321 valence electrons. The van der Waals surface area contributed by atoms with E-state index in [0.29, 0.717) is 0 Å². The zero-order valence-electron chi connectivity index (χ0n) is 37.2. The fraction of sp³-hybridized carbons (Fsp3) is 0.150. The van der Waals surface area contributed by atoms with Crippen LogP contribution < -0.4 is 0 Å². The maximum absolute atomic E-state index is 5.29. The van der Waals surface area contributed by atoms with E-state index < -0.39 is 0 Å². The van der Waals surface area contributed by atoms with Crippen molar-refractivity contribution in [3.8, 4) is 66.6 Å². The molecule has 0 N–H and O–H groups in total. The number of hydrogen-bond donors (Lipinski definition) is 0. The van der Waals surface area contributed by atoms with Crippen molar-refractivity contribution in [3.05, 3.63) is 210 Å². The number of para-hydroxylation sites is 2. The Hall–Kier alpha value is -6.36. The van der Waals surface area contributed by atoms with Gasteiger partial charge in [-0.3, -0.25) is 15.0 Å². The first kappa shape index (κ1) is 43.9. The summed E-state index contributed by atoms with van der Waals surface area (Å²) in [7, 11) is 0. The van der Waals surface area contributed by atoms with Gasteiger partial charge in [0.15, 0.2) is 0 Å². The molecule has 0 aliphatic heterocycles. The number of rotatable bonds is 9. The van der Waals surface area contributed by atoms with Gasteiger partial charge in [-0.2, -0.15) is 11.3 Å². The summed E-state index contributed by atoms with van der Waals surface area (Å²) >= 11 is 1.71. The summed E-state index contributed by atoms with van der Waals surface area (Å²) in [6, 6.07) is 69.1. The molecule has 11 rings (SSSR count). The van der Waals surface area contributed by atoms with Gasteiger partial charge in [-0.05, 0) is 78.3 Å². The Kier molecular flexibility index (Phi) is 12.8. The Morgan fingerprint density at radius 3 is 1.85 bits per heavy atom. The minimum atomic E-state index is -0.0465. The van der Waals surface area contributed by atoms with Gasteiger partial charge in [-0.15, -0.1) is 64.7 Å². The Bertz CT molecular complexity index is 3220. The van der Waals surface area contributed by atoms with Gasteiger partial charge >= 0.3 is 0 Å². The van der Waals surface area contributed by atoms with E-state index in [9.17, 15) is 0 Å². The molecular formula is C60H49IrN3S-2. The molecule has 0 unspecified atom stereocenters. The van der Waals surface area contributed by atoms with Crippen molar-refractivity contribution in [2.75, 3.05) is 0 Å². The van der Waals surface area contributed by atoms with Crippen molar-refractivity contribution in [2.24, 2.45) is 0 Å².